The van der Waals surface area contributed by atoms with Crippen LogP contribution in [-0.4, -0.2) is 46.1 Å². The van der Waals surface area contributed by atoms with E-state index in [2.05, 4.69) is 31.0 Å². The first kappa shape index (κ1) is 26.7. The highest BCUT2D eigenvalue weighted by molar-refractivity contribution is 9.10. The number of hydrogen-bond acceptors (Lipinski definition) is 6. The summed E-state index contributed by atoms with van der Waals surface area (Å²) in [5, 5.41) is 4.48. The summed E-state index contributed by atoms with van der Waals surface area (Å²) < 4.78 is 43.1. The van der Waals surface area contributed by atoms with Crippen LogP contribution in [-0.2, 0) is 19.1 Å². The maximum absolute atomic E-state index is 13.9. The largest absolute Gasteiger partial charge is 0.417 e. The average molecular weight is 602 g/mol. The third-order valence-electron chi connectivity index (χ3n) is 6.54. The second-order valence-electron chi connectivity index (χ2n) is 9.56. The van der Waals surface area contributed by atoms with Crippen molar-refractivity contribution in [3.63, 3.8) is 0 Å². The Morgan fingerprint density at radius 3 is 2.41 bits per heavy atom. The van der Waals surface area contributed by atoms with E-state index >= 15 is 0 Å². The molecular formula is C26H23BrF3N7O2. The van der Waals surface area contributed by atoms with Gasteiger partial charge in [0.2, 0.25) is 11.9 Å². The van der Waals surface area contributed by atoms with Crippen LogP contribution in [0.2, 0.25) is 0 Å². The van der Waals surface area contributed by atoms with Gasteiger partial charge in [0.15, 0.2) is 0 Å². The summed E-state index contributed by atoms with van der Waals surface area (Å²) in [7, 11) is 0. The fourth-order valence-corrected chi connectivity index (χ4v) is 5.09. The van der Waals surface area contributed by atoms with Crippen LogP contribution >= 0.6 is 15.9 Å². The topological polar surface area (TPSA) is 98.8 Å². The number of benzene rings is 1. The molecule has 0 aliphatic carbocycles. The predicted octanol–water partition coefficient (Wildman–Crippen LogP) is 4.50. The zero-order valence-electron chi connectivity index (χ0n) is 21.4. The molecule has 9 nitrogen and oxygen atoms in total. The molecule has 39 heavy (non-hydrogen) atoms. The van der Waals surface area contributed by atoms with Gasteiger partial charge in [-0.15, -0.1) is 0 Å². The Morgan fingerprint density at radius 1 is 1.10 bits per heavy atom. The zero-order valence-corrected chi connectivity index (χ0v) is 23.0. The summed E-state index contributed by atoms with van der Waals surface area (Å²) in [4.78, 5) is 42.1. The molecule has 13 heteroatoms. The molecule has 5 rings (SSSR count). The molecule has 0 saturated heterocycles. The van der Waals surface area contributed by atoms with Gasteiger partial charge < -0.3 is 4.90 Å². The van der Waals surface area contributed by atoms with Crippen molar-refractivity contribution in [3.05, 3.63) is 90.8 Å². The number of aromatic nitrogens is 6. The summed E-state index contributed by atoms with van der Waals surface area (Å²) in [5.74, 6) is -0.311. The predicted molar refractivity (Wildman–Crippen MR) is 139 cm³/mol. The minimum absolute atomic E-state index is 0.0656. The Hall–Kier alpha value is -3.87. The molecule has 1 atom stereocenters. The Labute approximate surface area is 229 Å². The molecular weight excluding hydrogens is 579 g/mol. The van der Waals surface area contributed by atoms with Crippen molar-refractivity contribution in [2.75, 3.05) is 0 Å². The number of rotatable bonds is 3. The van der Waals surface area contributed by atoms with Gasteiger partial charge in [-0.25, -0.2) is 24.2 Å². The molecule has 0 spiro atoms. The second kappa shape index (κ2) is 9.70. The molecule has 1 amide bonds. The molecule has 202 valence electrons. The fourth-order valence-electron chi connectivity index (χ4n) is 4.61. The molecule has 3 aromatic heterocycles. The first-order valence-electron chi connectivity index (χ1n) is 12.0. The Kier molecular flexibility index (Phi) is 6.65. The van der Waals surface area contributed by atoms with E-state index in [-0.39, 0.29) is 34.9 Å². The van der Waals surface area contributed by atoms with E-state index in [0.29, 0.717) is 22.6 Å². The molecule has 1 aromatic carbocycles. The van der Waals surface area contributed by atoms with Crippen molar-refractivity contribution in [2.24, 2.45) is 0 Å². The van der Waals surface area contributed by atoms with E-state index in [9.17, 15) is 22.8 Å². The van der Waals surface area contributed by atoms with Crippen molar-refractivity contribution >= 4 is 21.8 Å². The monoisotopic (exact) mass is 601 g/mol. The van der Waals surface area contributed by atoms with Crippen LogP contribution in [0.15, 0.2) is 45.9 Å². The van der Waals surface area contributed by atoms with Crippen LogP contribution in [0.3, 0.4) is 0 Å². The van der Waals surface area contributed by atoms with Gasteiger partial charge >= 0.3 is 6.18 Å². The third-order valence-corrected chi connectivity index (χ3v) is 7.23. The smallest absolute Gasteiger partial charge is 0.330 e. The lowest BCUT2D eigenvalue weighted by molar-refractivity contribution is -0.138. The highest BCUT2D eigenvalue weighted by atomic mass is 79.9. The van der Waals surface area contributed by atoms with Crippen molar-refractivity contribution in [3.8, 4) is 11.9 Å². The normalized spacial score (nSPS) is 15.4. The number of fused-ring (bicyclic) bond motifs is 1. The first-order chi connectivity index (χ1) is 18.3. The molecule has 0 radical (unpaired) electrons. The SMILES string of the molecule is Cc1cnc(-n2c(-n3nc(C)cc3C)nc3c(c2=O)C[C@@H](C)N(C(=O)c2ccc(Br)c(C(F)(F)F)c2)C3)nc1. The lowest BCUT2D eigenvalue weighted by Crippen LogP contribution is -2.46. The Balaban J connectivity index is 1.62. The summed E-state index contributed by atoms with van der Waals surface area (Å²) in [6.07, 6.45) is -1.29. The highest BCUT2D eigenvalue weighted by Gasteiger charge is 2.36. The molecule has 0 bridgehead atoms. The van der Waals surface area contributed by atoms with Crippen LogP contribution in [0.1, 0.15) is 51.1 Å². The lowest BCUT2D eigenvalue weighted by atomic mass is 9.98. The average Bonchev–Trinajstić information content (AvgIpc) is 3.21. The molecule has 1 aliphatic rings. The van der Waals surface area contributed by atoms with Gasteiger partial charge in [0, 0.05) is 39.7 Å². The van der Waals surface area contributed by atoms with Gasteiger partial charge in [-0.1, -0.05) is 15.9 Å². The molecule has 0 unspecified atom stereocenters. The van der Waals surface area contributed by atoms with E-state index in [1.165, 1.54) is 26.3 Å². The first-order valence-corrected chi connectivity index (χ1v) is 12.8. The fraction of sp³-hybridized carbons (Fsp3) is 0.308. The summed E-state index contributed by atoms with van der Waals surface area (Å²) in [6, 6.07) is 4.72. The van der Waals surface area contributed by atoms with E-state index in [0.717, 1.165) is 11.6 Å². The number of carbonyl (C=O) groups excluding carboxylic acids is 1. The van der Waals surface area contributed by atoms with Gasteiger partial charge in [0.1, 0.15) is 0 Å². The standard InChI is InChI=1S/C26H23BrF3N7O2/c1-13-10-31-24(32-11-13)36-23(39)18-8-15(3)35(12-21(18)33-25(36)37-16(4)7-14(2)34-37)22(38)17-5-6-20(27)19(9-17)26(28,29)30/h5-7,9-11,15H,8,12H2,1-4H3/t15-/m1/s1. The minimum Gasteiger partial charge on any atom is -0.330 e. The van der Waals surface area contributed by atoms with Gasteiger partial charge in [0.05, 0.1) is 23.5 Å². The zero-order chi connectivity index (χ0) is 28.2. The van der Waals surface area contributed by atoms with E-state index in [1.807, 2.05) is 26.8 Å². The second-order valence-corrected chi connectivity index (χ2v) is 10.4. The van der Waals surface area contributed by atoms with Crippen molar-refractivity contribution < 1.29 is 18.0 Å². The van der Waals surface area contributed by atoms with Gasteiger partial charge in [0.25, 0.3) is 11.5 Å². The van der Waals surface area contributed by atoms with E-state index in [1.54, 1.807) is 19.3 Å². The summed E-state index contributed by atoms with van der Waals surface area (Å²) in [5.41, 5.74) is 1.51. The van der Waals surface area contributed by atoms with Gasteiger partial charge in [-0.05, 0) is 63.9 Å². The Morgan fingerprint density at radius 2 is 1.79 bits per heavy atom. The number of aryl methyl sites for hydroxylation is 3. The van der Waals surface area contributed by atoms with Crippen molar-refractivity contribution in [2.45, 2.75) is 52.9 Å². The number of alkyl halides is 3. The minimum atomic E-state index is -4.63. The number of carbonyl (C=O) groups is 1. The number of halogens is 4. The van der Waals surface area contributed by atoms with E-state index < -0.39 is 29.2 Å². The molecule has 0 N–H and O–H groups in total. The number of amides is 1. The van der Waals surface area contributed by atoms with Crippen molar-refractivity contribution in [1.29, 1.82) is 0 Å². The van der Waals surface area contributed by atoms with Crippen LogP contribution in [0.5, 0.6) is 0 Å². The van der Waals surface area contributed by atoms with Gasteiger partial charge in [-0.2, -0.15) is 18.3 Å². The maximum atomic E-state index is 13.9. The molecule has 4 aromatic rings. The van der Waals surface area contributed by atoms with Crippen LogP contribution < -0.4 is 5.56 Å². The molecule has 1 aliphatic heterocycles. The molecule has 4 heterocycles. The van der Waals surface area contributed by atoms with Crippen molar-refractivity contribution in [1.82, 2.24) is 34.2 Å². The van der Waals surface area contributed by atoms with Crippen LogP contribution in [0, 0.1) is 20.8 Å². The van der Waals surface area contributed by atoms with Gasteiger partial charge in [-0.3, -0.25) is 9.59 Å². The number of hydrogen-bond donors (Lipinski definition) is 0. The van der Waals surface area contributed by atoms with E-state index in [4.69, 9.17) is 4.98 Å². The third kappa shape index (κ3) is 4.86. The van der Waals surface area contributed by atoms with Crippen LogP contribution in [0.4, 0.5) is 13.2 Å². The maximum Gasteiger partial charge on any atom is 0.417 e. The number of nitrogens with zero attached hydrogens (tertiary/aromatic N) is 7. The summed E-state index contributed by atoms with van der Waals surface area (Å²) >= 11 is 2.91. The lowest BCUT2D eigenvalue weighted by Gasteiger charge is -2.34. The Bertz CT molecular complexity index is 1660. The van der Waals surface area contributed by atoms with Crippen LogP contribution in [0.25, 0.3) is 11.9 Å². The highest BCUT2D eigenvalue weighted by Crippen LogP contribution is 2.36. The molecule has 0 saturated carbocycles. The quantitative estimate of drug-likeness (QED) is 0.343. The summed E-state index contributed by atoms with van der Waals surface area (Å²) in [6.45, 7) is 7.13. The molecule has 0 fully saturated rings.